The summed E-state index contributed by atoms with van der Waals surface area (Å²) in [6.07, 6.45) is 1.42. The number of anilines is 1. The first-order chi connectivity index (χ1) is 9.29. The zero-order chi connectivity index (χ0) is 14.9. The van der Waals surface area contributed by atoms with Gasteiger partial charge in [-0.2, -0.15) is 0 Å². The molecular weight excluding hydrogens is 349 g/mol. The molecular formula is C12H17BrFN3O2S. The van der Waals surface area contributed by atoms with Crippen molar-refractivity contribution in [1.82, 2.24) is 9.62 Å². The lowest BCUT2D eigenvalue weighted by molar-refractivity contribution is 0.248. The number of likely N-dealkylation sites (tertiary alicyclic amines) is 1. The zero-order valence-corrected chi connectivity index (χ0v) is 13.5. The molecule has 1 fully saturated rings. The second-order valence-electron chi connectivity index (χ2n) is 5.01. The molecule has 1 heterocycles. The standard InChI is InChI=1S/C12H17BrFN3O2S/c1-17-4-2-9(3-5-17)16-20(18,19)11-7-8(15)6-10(13)12(11)14/h6-7,9,16H,2-5,15H2,1H3. The fraction of sp³-hybridized carbons (Fsp3) is 0.500. The number of benzene rings is 1. The highest BCUT2D eigenvalue weighted by atomic mass is 79.9. The van der Waals surface area contributed by atoms with Gasteiger partial charge in [-0.05, 0) is 61.0 Å². The molecule has 5 nitrogen and oxygen atoms in total. The smallest absolute Gasteiger partial charge is 0.243 e. The Bertz CT molecular complexity index is 601. The van der Waals surface area contributed by atoms with Crippen molar-refractivity contribution in [3.05, 3.63) is 22.4 Å². The minimum atomic E-state index is -3.91. The molecule has 8 heteroatoms. The third-order valence-electron chi connectivity index (χ3n) is 3.35. The number of sulfonamides is 1. The van der Waals surface area contributed by atoms with Crippen LogP contribution in [0.2, 0.25) is 0 Å². The Morgan fingerprint density at radius 1 is 1.40 bits per heavy atom. The fourth-order valence-electron chi connectivity index (χ4n) is 2.19. The average Bonchev–Trinajstić information content (AvgIpc) is 2.36. The Kier molecular flexibility index (Phi) is 4.68. The van der Waals surface area contributed by atoms with E-state index in [2.05, 4.69) is 25.6 Å². The van der Waals surface area contributed by atoms with Crippen LogP contribution in [0.3, 0.4) is 0 Å². The predicted octanol–water partition coefficient (Wildman–Crippen LogP) is 1.54. The Hall–Kier alpha value is -0.700. The molecule has 1 aliphatic rings. The van der Waals surface area contributed by atoms with E-state index in [0.717, 1.165) is 19.2 Å². The van der Waals surface area contributed by atoms with Crippen LogP contribution in [0.4, 0.5) is 10.1 Å². The van der Waals surface area contributed by atoms with Crippen LogP contribution < -0.4 is 10.5 Å². The summed E-state index contributed by atoms with van der Waals surface area (Å²) in [6.45, 7) is 1.63. The van der Waals surface area contributed by atoms with E-state index < -0.39 is 20.7 Å². The van der Waals surface area contributed by atoms with Crippen LogP contribution >= 0.6 is 15.9 Å². The summed E-state index contributed by atoms with van der Waals surface area (Å²) in [4.78, 5) is 1.71. The summed E-state index contributed by atoms with van der Waals surface area (Å²) in [6, 6.07) is 2.30. The number of hydrogen-bond donors (Lipinski definition) is 2. The van der Waals surface area contributed by atoms with Gasteiger partial charge in [0.2, 0.25) is 10.0 Å². The molecule has 0 radical (unpaired) electrons. The van der Waals surface area contributed by atoms with E-state index >= 15 is 0 Å². The van der Waals surface area contributed by atoms with Crippen molar-refractivity contribution in [2.24, 2.45) is 0 Å². The summed E-state index contributed by atoms with van der Waals surface area (Å²) in [5.41, 5.74) is 5.78. The van der Waals surface area contributed by atoms with Gasteiger partial charge >= 0.3 is 0 Å². The molecule has 0 spiro atoms. The lowest BCUT2D eigenvalue weighted by atomic mass is 10.1. The summed E-state index contributed by atoms with van der Waals surface area (Å²) >= 11 is 2.97. The van der Waals surface area contributed by atoms with Gasteiger partial charge in [-0.25, -0.2) is 17.5 Å². The molecule has 3 N–H and O–H groups in total. The monoisotopic (exact) mass is 365 g/mol. The van der Waals surface area contributed by atoms with Crippen LogP contribution in [0.25, 0.3) is 0 Å². The summed E-state index contributed by atoms with van der Waals surface area (Å²) in [7, 11) is -1.92. The Morgan fingerprint density at radius 3 is 2.60 bits per heavy atom. The van der Waals surface area contributed by atoms with Crippen molar-refractivity contribution in [1.29, 1.82) is 0 Å². The quantitative estimate of drug-likeness (QED) is 0.796. The maximum atomic E-state index is 14.0. The number of halogens is 2. The third kappa shape index (κ3) is 3.49. The molecule has 2 rings (SSSR count). The lowest BCUT2D eigenvalue weighted by Gasteiger charge is -2.29. The molecule has 0 saturated carbocycles. The second-order valence-corrected chi connectivity index (χ2v) is 7.55. The Balaban J connectivity index is 2.23. The molecule has 0 bridgehead atoms. The van der Waals surface area contributed by atoms with Gasteiger partial charge < -0.3 is 10.6 Å². The first-order valence-electron chi connectivity index (χ1n) is 6.25. The third-order valence-corrected chi connectivity index (χ3v) is 5.44. The lowest BCUT2D eigenvalue weighted by Crippen LogP contribution is -2.43. The molecule has 1 aromatic rings. The highest BCUT2D eigenvalue weighted by Gasteiger charge is 2.26. The van der Waals surface area contributed by atoms with Gasteiger partial charge in [0.25, 0.3) is 0 Å². The molecule has 20 heavy (non-hydrogen) atoms. The van der Waals surface area contributed by atoms with Gasteiger partial charge in [0.05, 0.1) is 4.47 Å². The molecule has 0 unspecified atom stereocenters. The van der Waals surface area contributed by atoms with Crippen LogP contribution in [0.15, 0.2) is 21.5 Å². The summed E-state index contributed by atoms with van der Waals surface area (Å²) in [5, 5.41) is 0. The van der Waals surface area contributed by atoms with Crippen molar-refractivity contribution in [3.8, 4) is 0 Å². The number of piperidine rings is 1. The van der Waals surface area contributed by atoms with Crippen molar-refractivity contribution in [3.63, 3.8) is 0 Å². The first-order valence-corrected chi connectivity index (χ1v) is 8.52. The minimum absolute atomic E-state index is 0.0428. The van der Waals surface area contributed by atoms with Crippen LogP contribution in [0.1, 0.15) is 12.8 Å². The van der Waals surface area contributed by atoms with Crippen LogP contribution in [-0.4, -0.2) is 39.5 Å². The molecule has 0 atom stereocenters. The van der Waals surface area contributed by atoms with Gasteiger partial charge in [0.1, 0.15) is 4.90 Å². The molecule has 1 aromatic carbocycles. The molecule has 0 amide bonds. The van der Waals surface area contributed by atoms with E-state index in [0.29, 0.717) is 12.8 Å². The van der Waals surface area contributed by atoms with E-state index in [1.54, 1.807) is 0 Å². The van der Waals surface area contributed by atoms with Gasteiger partial charge in [-0.3, -0.25) is 0 Å². The predicted molar refractivity (Wildman–Crippen MR) is 79.4 cm³/mol. The number of rotatable bonds is 3. The molecule has 1 saturated heterocycles. The average molecular weight is 366 g/mol. The Morgan fingerprint density at radius 2 is 2.00 bits per heavy atom. The summed E-state index contributed by atoms with van der Waals surface area (Å²) < 4.78 is 41.1. The van der Waals surface area contributed by atoms with Gasteiger partial charge in [-0.15, -0.1) is 0 Å². The Labute approximate surface area is 126 Å². The molecule has 112 valence electrons. The van der Waals surface area contributed by atoms with E-state index in [1.165, 1.54) is 6.07 Å². The van der Waals surface area contributed by atoms with E-state index in [1.807, 2.05) is 7.05 Å². The van der Waals surface area contributed by atoms with Crippen LogP contribution in [0.5, 0.6) is 0 Å². The van der Waals surface area contributed by atoms with Crippen molar-refractivity contribution >= 4 is 31.6 Å². The van der Waals surface area contributed by atoms with Gasteiger partial charge in [0.15, 0.2) is 5.82 Å². The summed E-state index contributed by atoms with van der Waals surface area (Å²) in [5.74, 6) is -0.820. The van der Waals surface area contributed by atoms with Crippen molar-refractivity contribution < 1.29 is 12.8 Å². The normalized spacial score (nSPS) is 18.4. The maximum Gasteiger partial charge on any atom is 0.243 e. The minimum Gasteiger partial charge on any atom is -0.399 e. The topological polar surface area (TPSA) is 75.4 Å². The molecule has 0 aromatic heterocycles. The number of nitrogens with two attached hydrogens (primary N) is 1. The molecule has 0 aliphatic carbocycles. The molecule has 1 aliphatic heterocycles. The SMILES string of the molecule is CN1CCC(NS(=O)(=O)c2cc(N)cc(Br)c2F)CC1. The van der Waals surface area contributed by atoms with Gasteiger partial charge in [-0.1, -0.05) is 0 Å². The van der Waals surface area contributed by atoms with Gasteiger partial charge in [0, 0.05) is 11.7 Å². The van der Waals surface area contributed by atoms with Crippen LogP contribution in [-0.2, 0) is 10.0 Å². The highest BCUT2D eigenvalue weighted by Crippen LogP contribution is 2.26. The number of nitrogens with zero attached hydrogens (tertiary/aromatic N) is 1. The highest BCUT2D eigenvalue weighted by molar-refractivity contribution is 9.10. The van der Waals surface area contributed by atoms with Crippen molar-refractivity contribution in [2.45, 2.75) is 23.8 Å². The number of nitrogen functional groups attached to an aromatic ring is 1. The largest absolute Gasteiger partial charge is 0.399 e. The maximum absolute atomic E-state index is 14.0. The number of nitrogens with one attached hydrogen (secondary N) is 1. The first kappa shape index (κ1) is 15.7. The van der Waals surface area contributed by atoms with Crippen molar-refractivity contribution in [2.75, 3.05) is 25.9 Å². The van der Waals surface area contributed by atoms with E-state index in [9.17, 15) is 12.8 Å². The fourth-order valence-corrected chi connectivity index (χ4v) is 4.24. The second kappa shape index (κ2) is 5.97. The van der Waals surface area contributed by atoms with E-state index in [-0.39, 0.29) is 16.2 Å². The van der Waals surface area contributed by atoms with E-state index in [4.69, 9.17) is 5.73 Å². The van der Waals surface area contributed by atoms with Crippen LogP contribution in [0, 0.1) is 5.82 Å². The number of hydrogen-bond acceptors (Lipinski definition) is 4. The zero-order valence-electron chi connectivity index (χ0n) is 11.1.